The Balaban J connectivity index is 2.15. The van der Waals surface area contributed by atoms with Gasteiger partial charge in [-0.05, 0) is 42.9 Å². The van der Waals surface area contributed by atoms with E-state index in [4.69, 9.17) is 17.2 Å². The highest BCUT2D eigenvalue weighted by Gasteiger charge is 2.28. The molecule has 0 aliphatic rings. The number of aliphatic imine (C=N–C) groups is 1. The summed E-state index contributed by atoms with van der Waals surface area (Å²) in [4.78, 5) is 60.7. The number of ketones is 1. The number of rotatable bonds is 16. The number of guanidine groups is 1. The van der Waals surface area contributed by atoms with E-state index in [1.807, 2.05) is 44.2 Å². The van der Waals surface area contributed by atoms with Crippen molar-refractivity contribution in [3.05, 3.63) is 42.1 Å². The molecule has 11 heteroatoms. The van der Waals surface area contributed by atoms with Crippen molar-refractivity contribution in [3.63, 3.8) is 0 Å². The van der Waals surface area contributed by atoms with Crippen LogP contribution in [0, 0.1) is 11.8 Å². The third-order valence-corrected chi connectivity index (χ3v) is 6.29. The predicted molar refractivity (Wildman–Crippen MR) is 151 cm³/mol. The molecule has 11 nitrogen and oxygen atoms in total. The highest BCUT2D eigenvalue weighted by atomic mass is 16.2. The number of benzene rings is 1. The number of nitrogens with zero attached hydrogens (tertiary/aromatic N) is 3. The monoisotopic (exact) mass is 539 g/mol. The fourth-order valence-electron chi connectivity index (χ4n) is 4.36. The summed E-state index contributed by atoms with van der Waals surface area (Å²) in [5.41, 5.74) is 17.9. The van der Waals surface area contributed by atoms with Crippen molar-refractivity contribution < 1.29 is 19.2 Å². The highest BCUT2D eigenvalue weighted by Crippen LogP contribution is 2.18. The summed E-state index contributed by atoms with van der Waals surface area (Å²) in [6, 6.07) is 8.70. The van der Waals surface area contributed by atoms with Crippen molar-refractivity contribution >= 4 is 40.4 Å². The van der Waals surface area contributed by atoms with Gasteiger partial charge >= 0.3 is 0 Å². The Morgan fingerprint density at radius 2 is 1.82 bits per heavy atom. The van der Waals surface area contributed by atoms with E-state index in [0.29, 0.717) is 12.8 Å². The van der Waals surface area contributed by atoms with Gasteiger partial charge in [0.05, 0.1) is 18.1 Å². The summed E-state index contributed by atoms with van der Waals surface area (Å²) in [7, 11) is 0. The second kappa shape index (κ2) is 15.4. The average Bonchev–Trinajstić information content (AvgIpc) is 2.88. The lowest BCUT2D eigenvalue weighted by Gasteiger charge is -2.25. The lowest BCUT2D eigenvalue weighted by molar-refractivity contribution is -0.137. The maximum atomic E-state index is 13.2. The number of fused-ring (bicyclic) bond motifs is 1. The fraction of sp³-hybridized carbons (Fsp3) is 0.500. The molecule has 1 heterocycles. The van der Waals surface area contributed by atoms with Crippen LogP contribution in [-0.2, 0) is 25.7 Å². The van der Waals surface area contributed by atoms with Gasteiger partial charge in [-0.3, -0.25) is 29.2 Å². The number of hydrogen-bond donors (Lipinski definition) is 4. The molecule has 0 saturated carbocycles. The smallest absolute Gasteiger partial charge is 0.240 e. The van der Waals surface area contributed by atoms with Crippen LogP contribution in [0.15, 0.2) is 41.5 Å². The van der Waals surface area contributed by atoms with Gasteiger partial charge in [-0.15, -0.1) is 0 Å². The Morgan fingerprint density at radius 1 is 1.10 bits per heavy atom. The zero-order chi connectivity index (χ0) is 28.9. The minimum atomic E-state index is -0.873. The number of para-hydroxylation sites is 1. The topological polar surface area (TPSA) is 187 Å². The second-order valence-corrected chi connectivity index (χ2v) is 10.1. The molecule has 0 unspecified atom stereocenters. The molecule has 3 amide bonds. The van der Waals surface area contributed by atoms with Gasteiger partial charge < -0.3 is 27.4 Å². The van der Waals surface area contributed by atoms with Gasteiger partial charge in [0.2, 0.25) is 17.7 Å². The summed E-state index contributed by atoms with van der Waals surface area (Å²) in [5, 5.41) is 3.70. The van der Waals surface area contributed by atoms with Crippen LogP contribution in [0.3, 0.4) is 0 Å². The molecular formula is C28H41N7O4. The number of aromatic nitrogens is 1. The van der Waals surface area contributed by atoms with E-state index in [9.17, 15) is 19.2 Å². The normalized spacial score (nSPS) is 12.5. The molecule has 0 fully saturated rings. The van der Waals surface area contributed by atoms with Crippen molar-refractivity contribution in [2.45, 2.75) is 65.5 Å². The van der Waals surface area contributed by atoms with Gasteiger partial charge in [-0.2, -0.15) is 0 Å². The Hall–Kier alpha value is -4.02. The molecule has 39 heavy (non-hydrogen) atoms. The first-order chi connectivity index (χ1) is 18.5. The van der Waals surface area contributed by atoms with Crippen LogP contribution in [0.1, 0.15) is 58.4 Å². The van der Waals surface area contributed by atoms with Crippen molar-refractivity contribution in [1.29, 1.82) is 0 Å². The van der Waals surface area contributed by atoms with Crippen LogP contribution in [-0.4, -0.2) is 58.5 Å². The number of carbonyl (C=O) groups excluding carboxylic acids is 4. The number of pyridine rings is 1. The van der Waals surface area contributed by atoms with Crippen LogP contribution in [0.25, 0.3) is 10.9 Å². The number of amides is 3. The van der Waals surface area contributed by atoms with Crippen LogP contribution in [0.5, 0.6) is 0 Å². The van der Waals surface area contributed by atoms with E-state index in [0.717, 1.165) is 16.5 Å². The molecular weight excluding hydrogens is 498 g/mol. The molecule has 0 bridgehead atoms. The Morgan fingerprint density at radius 3 is 2.46 bits per heavy atom. The van der Waals surface area contributed by atoms with Gasteiger partial charge in [0, 0.05) is 43.4 Å². The molecule has 212 valence electrons. The molecule has 0 aliphatic carbocycles. The van der Waals surface area contributed by atoms with Crippen LogP contribution in [0.4, 0.5) is 0 Å². The van der Waals surface area contributed by atoms with E-state index < -0.39 is 23.8 Å². The summed E-state index contributed by atoms with van der Waals surface area (Å²) in [6.07, 6.45) is 2.98. The van der Waals surface area contributed by atoms with E-state index in [-0.39, 0.29) is 62.5 Å². The Bertz CT molecular complexity index is 1180. The quantitative estimate of drug-likeness (QED) is 0.142. The zero-order valence-corrected chi connectivity index (χ0v) is 23.1. The van der Waals surface area contributed by atoms with Crippen LogP contribution in [0.2, 0.25) is 0 Å². The molecule has 7 N–H and O–H groups in total. The SMILES string of the molecule is CCC(=O)N(CC(=O)N[C@@H](CCCN=C(N)N)C(=O)C[C@@H](CC(C)C)C(N)=O)Cc1cnc2ccccc2c1. The van der Waals surface area contributed by atoms with Gasteiger partial charge in [-0.25, -0.2) is 0 Å². The molecule has 0 aliphatic heterocycles. The average molecular weight is 540 g/mol. The molecule has 2 atom stereocenters. The minimum Gasteiger partial charge on any atom is -0.370 e. The van der Waals surface area contributed by atoms with Crippen LogP contribution < -0.4 is 22.5 Å². The molecule has 0 spiro atoms. The number of hydrogen-bond acceptors (Lipinski definition) is 6. The number of primary amides is 1. The molecule has 2 aromatic rings. The maximum Gasteiger partial charge on any atom is 0.240 e. The summed E-state index contributed by atoms with van der Waals surface area (Å²) in [5.74, 6) is -2.07. The standard InChI is InChI=1S/C28H41N7O4/c1-4-26(38)35(16-19-13-20-8-5-6-9-22(20)33-15-19)17-25(37)34-23(10-7-11-32-28(30)31)24(36)14-21(27(29)39)12-18(2)3/h5-6,8-9,13,15,18,21,23H,4,7,10-12,14,16-17H2,1-3H3,(H2,29,39)(H,34,37)(H4,30,31,32)/t21-,23+/m1/s1. The number of nitrogens with one attached hydrogen (secondary N) is 1. The number of carbonyl (C=O) groups is 4. The van der Waals surface area contributed by atoms with E-state index >= 15 is 0 Å². The lowest BCUT2D eigenvalue weighted by atomic mass is 9.89. The summed E-state index contributed by atoms with van der Waals surface area (Å²) < 4.78 is 0. The Labute approximate surface area is 229 Å². The zero-order valence-electron chi connectivity index (χ0n) is 23.1. The largest absolute Gasteiger partial charge is 0.370 e. The lowest BCUT2D eigenvalue weighted by Crippen LogP contribution is -2.47. The van der Waals surface area contributed by atoms with Gasteiger partial charge in [-0.1, -0.05) is 39.0 Å². The molecule has 0 radical (unpaired) electrons. The van der Waals surface area contributed by atoms with E-state index in [2.05, 4.69) is 15.3 Å². The molecule has 2 rings (SSSR count). The van der Waals surface area contributed by atoms with Crippen molar-refractivity contribution in [1.82, 2.24) is 15.2 Å². The summed E-state index contributed by atoms with van der Waals surface area (Å²) in [6.45, 7) is 5.85. The Kier molecular flexibility index (Phi) is 12.3. The second-order valence-electron chi connectivity index (χ2n) is 10.1. The third kappa shape index (κ3) is 10.7. The highest BCUT2D eigenvalue weighted by molar-refractivity contribution is 5.93. The van der Waals surface area contributed by atoms with Gasteiger partial charge in [0.1, 0.15) is 0 Å². The molecule has 1 aromatic carbocycles. The van der Waals surface area contributed by atoms with Crippen molar-refractivity contribution in [3.8, 4) is 0 Å². The van der Waals surface area contributed by atoms with Gasteiger partial charge in [0.15, 0.2) is 11.7 Å². The number of Topliss-reactive ketones (excluding diaryl/α,β-unsaturated/α-hetero) is 1. The first-order valence-corrected chi connectivity index (χ1v) is 13.3. The number of nitrogens with two attached hydrogens (primary N) is 3. The minimum absolute atomic E-state index is 0.0652. The summed E-state index contributed by atoms with van der Waals surface area (Å²) >= 11 is 0. The molecule has 1 aromatic heterocycles. The third-order valence-electron chi connectivity index (χ3n) is 6.29. The van der Waals surface area contributed by atoms with Crippen LogP contribution >= 0.6 is 0 Å². The first kappa shape index (κ1) is 31.2. The predicted octanol–water partition coefficient (Wildman–Crippen LogP) is 1.62. The van der Waals surface area contributed by atoms with E-state index in [1.54, 1.807) is 13.1 Å². The maximum absolute atomic E-state index is 13.2. The van der Waals surface area contributed by atoms with E-state index in [1.165, 1.54) is 4.90 Å². The van der Waals surface area contributed by atoms with Crippen molar-refractivity contribution in [2.75, 3.05) is 13.1 Å². The van der Waals surface area contributed by atoms with Gasteiger partial charge in [0.25, 0.3) is 0 Å². The fourth-order valence-corrected chi connectivity index (χ4v) is 4.36. The first-order valence-electron chi connectivity index (χ1n) is 13.3. The molecule has 0 saturated heterocycles. The van der Waals surface area contributed by atoms with Crippen molar-refractivity contribution in [2.24, 2.45) is 34.0 Å².